The van der Waals surface area contributed by atoms with Crippen LogP contribution in [0.25, 0.3) is 0 Å². The Morgan fingerprint density at radius 3 is 2.36 bits per heavy atom. The number of benzene rings is 1. The van der Waals surface area contributed by atoms with Gasteiger partial charge in [0.1, 0.15) is 5.92 Å². The number of carboxylic acids is 1. The van der Waals surface area contributed by atoms with E-state index >= 15 is 0 Å². The Morgan fingerprint density at radius 1 is 1.29 bits per heavy atom. The second kappa shape index (κ2) is 4.81. The molecule has 3 nitrogen and oxygen atoms in total. The van der Waals surface area contributed by atoms with Crippen LogP contribution in [0.5, 0.6) is 0 Å². The van der Waals surface area contributed by atoms with Crippen LogP contribution in [0.3, 0.4) is 0 Å². The van der Waals surface area contributed by atoms with Crippen molar-refractivity contribution in [3.8, 4) is 0 Å². The lowest BCUT2D eigenvalue weighted by atomic mass is 10.2. The largest absolute Gasteiger partial charge is 0.481 e. The number of carboxylic acid groups (broad SMARTS) is 1. The highest BCUT2D eigenvalue weighted by molar-refractivity contribution is 8.13. The Balaban J connectivity index is 2.62. The summed E-state index contributed by atoms with van der Waals surface area (Å²) in [6.45, 7) is 1.39. The van der Waals surface area contributed by atoms with E-state index in [-0.39, 0.29) is 5.12 Å². The molecule has 0 heterocycles. The van der Waals surface area contributed by atoms with Crippen molar-refractivity contribution in [1.29, 1.82) is 0 Å². The first-order valence-electron chi connectivity index (χ1n) is 4.11. The summed E-state index contributed by atoms with van der Waals surface area (Å²) >= 11 is 0.960. The lowest BCUT2D eigenvalue weighted by Gasteiger charge is -2.03. The molecule has 0 saturated carbocycles. The summed E-state index contributed by atoms with van der Waals surface area (Å²) < 4.78 is 0. The van der Waals surface area contributed by atoms with E-state index < -0.39 is 11.9 Å². The lowest BCUT2D eigenvalue weighted by Crippen LogP contribution is -2.17. The van der Waals surface area contributed by atoms with Gasteiger partial charge in [-0.05, 0) is 19.1 Å². The zero-order valence-corrected chi connectivity index (χ0v) is 8.45. The van der Waals surface area contributed by atoms with Crippen molar-refractivity contribution >= 4 is 22.8 Å². The van der Waals surface area contributed by atoms with Crippen molar-refractivity contribution in [2.24, 2.45) is 5.92 Å². The molecular formula is C10H10O3S. The maximum Gasteiger partial charge on any atom is 0.314 e. The van der Waals surface area contributed by atoms with Crippen molar-refractivity contribution in [3.63, 3.8) is 0 Å². The maximum atomic E-state index is 11.3. The third-order valence-corrected chi connectivity index (χ3v) is 2.75. The molecule has 0 saturated heterocycles. The predicted octanol–water partition coefficient (Wildman–Crippen LogP) is 2.03. The van der Waals surface area contributed by atoms with Crippen LogP contribution in [0.2, 0.25) is 0 Å². The summed E-state index contributed by atoms with van der Waals surface area (Å²) in [6, 6.07) is 9.01. The highest BCUT2D eigenvalue weighted by atomic mass is 32.2. The number of rotatable bonds is 3. The van der Waals surface area contributed by atoms with E-state index in [1.807, 2.05) is 6.07 Å². The monoisotopic (exact) mass is 210 g/mol. The van der Waals surface area contributed by atoms with Crippen LogP contribution in [0.15, 0.2) is 35.2 Å². The van der Waals surface area contributed by atoms with Gasteiger partial charge < -0.3 is 5.11 Å². The highest BCUT2D eigenvalue weighted by Gasteiger charge is 2.21. The maximum absolute atomic E-state index is 11.3. The van der Waals surface area contributed by atoms with E-state index in [0.29, 0.717) is 0 Å². The van der Waals surface area contributed by atoms with Gasteiger partial charge in [0.05, 0.1) is 0 Å². The van der Waals surface area contributed by atoms with Crippen LogP contribution in [0.4, 0.5) is 0 Å². The Morgan fingerprint density at radius 2 is 1.86 bits per heavy atom. The smallest absolute Gasteiger partial charge is 0.314 e. The Hall–Kier alpha value is -1.29. The van der Waals surface area contributed by atoms with Gasteiger partial charge in [-0.1, -0.05) is 30.0 Å². The van der Waals surface area contributed by atoms with Crippen molar-refractivity contribution in [2.45, 2.75) is 11.8 Å². The summed E-state index contributed by atoms with van der Waals surface area (Å²) in [6.07, 6.45) is 0. The molecule has 74 valence electrons. The van der Waals surface area contributed by atoms with Crippen LogP contribution in [-0.4, -0.2) is 16.2 Å². The average Bonchev–Trinajstić information content (AvgIpc) is 2.18. The molecule has 1 rings (SSSR count). The molecule has 0 spiro atoms. The average molecular weight is 210 g/mol. The van der Waals surface area contributed by atoms with Crippen molar-refractivity contribution in [3.05, 3.63) is 30.3 Å². The topological polar surface area (TPSA) is 54.4 Å². The molecule has 0 aliphatic heterocycles. The first kappa shape index (κ1) is 10.8. The Bertz CT molecular complexity index is 334. The summed E-state index contributed by atoms with van der Waals surface area (Å²) in [5.74, 6) is -2.04. The molecule has 4 heteroatoms. The van der Waals surface area contributed by atoms with Crippen LogP contribution >= 0.6 is 11.8 Å². The van der Waals surface area contributed by atoms with Gasteiger partial charge in [0.2, 0.25) is 5.12 Å². The molecule has 0 fully saturated rings. The zero-order chi connectivity index (χ0) is 10.6. The third kappa shape index (κ3) is 2.88. The molecule has 1 aromatic rings. The number of thioether (sulfide) groups is 1. The van der Waals surface area contributed by atoms with E-state index in [1.165, 1.54) is 6.92 Å². The van der Waals surface area contributed by atoms with E-state index in [9.17, 15) is 9.59 Å². The zero-order valence-electron chi connectivity index (χ0n) is 7.64. The third-order valence-electron chi connectivity index (χ3n) is 1.69. The summed E-state index contributed by atoms with van der Waals surface area (Å²) in [5, 5.41) is 8.25. The molecule has 0 aliphatic carbocycles. The van der Waals surface area contributed by atoms with Crippen LogP contribution in [-0.2, 0) is 9.59 Å². The fourth-order valence-corrected chi connectivity index (χ4v) is 1.60. The van der Waals surface area contributed by atoms with E-state index in [1.54, 1.807) is 24.3 Å². The minimum atomic E-state index is -1.08. The van der Waals surface area contributed by atoms with Crippen molar-refractivity contribution in [2.75, 3.05) is 0 Å². The summed E-state index contributed by atoms with van der Waals surface area (Å²) in [7, 11) is 0. The van der Waals surface area contributed by atoms with Gasteiger partial charge in [0.15, 0.2) is 0 Å². The normalized spacial score (nSPS) is 12.1. The molecule has 14 heavy (non-hydrogen) atoms. The second-order valence-corrected chi connectivity index (χ2v) is 3.87. The van der Waals surface area contributed by atoms with Gasteiger partial charge in [-0.2, -0.15) is 0 Å². The molecule has 0 bridgehead atoms. The molecular weight excluding hydrogens is 200 g/mol. The molecule has 0 aliphatic rings. The van der Waals surface area contributed by atoms with E-state index in [2.05, 4.69) is 0 Å². The van der Waals surface area contributed by atoms with Gasteiger partial charge >= 0.3 is 5.97 Å². The molecule has 1 atom stereocenters. The van der Waals surface area contributed by atoms with E-state index in [0.717, 1.165) is 16.7 Å². The minimum absolute atomic E-state index is 0.344. The highest BCUT2D eigenvalue weighted by Crippen LogP contribution is 2.21. The van der Waals surface area contributed by atoms with Gasteiger partial charge in [-0.15, -0.1) is 0 Å². The summed E-state index contributed by atoms with van der Waals surface area (Å²) in [5.41, 5.74) is 0. The van der Waals surface area contributed by atoms with Crippen LogP contribution in [0.1, 0.15) is 6.92 Å². The lowest BCUT2D eigenvalue weighted by molar-refractivity contribution is -0.143. The number of hydrogen-bond acceptors (Lipinski definition) is 3. The van der Waals surface area contributed by atoms with Crippen molar-refractivity contribution in [1.82, 2.24) is 0 Å². The number of carbonyl (C=O) groups excluding carboxylic acids is 1. The Labute approximate surface area is 86.1 Å². The first-order valence-corrected chi connectivity index (χ1v) is 4.92. The first-order chi connectivity index (χ1) is 6.61. The number of carbonyl (C=O) groups is 2. The van der Waals surface area contributed by atoms with Crippen LogP contribution in [0, 0.1) is 5.92 Å². The van der Waals surface area contributed by atoms with Gasteiger partial charge in [0, 0.05) is 4.90 Å². The molecule has 0 unspecified atom stereocenters. The quantitative estimate of drug-likeness (QED) is 0.612. The molecule has 1 N–H and O–H groups in total. The predicted molar refractivity (Wildman–Crippen MR) is 54.1 cm³/mol. The van der Waals surface area contributed by atoms with Gasteiger partial charge in [0.25, 0.3) is 0 Å². The van der Waals surface area contributed by atoms with Crippen molar-refractivity contribution < 1.29 is 14.7 Å². The number of aliphatic carboxylic acids is 1. The van der Waals surface area contributed by atoms with Gasteiger partial charge in [-0.3, -0.25) is 9.59 Å². The minimum Gasteiger partial charge on any atom is -0.481 e. The fraction of sp³-hybridized carbons (Fsp3) is 0.200. The second-order valence-electron chi connectivity index (χ2n) is 2.79. The molecule has 0 aromatic heterocycles. The SMILES string of the molecule is C[C@H](C(=O)O)C(=O)Sc1ccccc1. The Kier molecular flexibility index (Phi) is 3.71. The van der Waals surface area contributed by atoms with E-state index in [4.69, 9.17) is 5.11 Å². The molecule has 0 amide bonds. The van der Waals surface area contributed by atoms with Crippen LogP contribution < -0.4 is 0 Å². The fourth-order valence-electron chi connectivity index (χ4n) is 0.794. The standard InChI is InChI=1S/C10H10O3S/c1-7(9(11)12)10(13)14-8-5-3-2-4-6-8/h2-7H,1H3,(H,11,12)/t7-/m1/s1. The molecule has 1 aromatic carbocycles. The summed E-state index contributed by atoms with van der Waals surface area (Å²) in [4.78, 5) is 22.6. The number of hydrogen-bond donors (Lipinski definition) is 1. The molecule has 0 radical (unpaired) electrons. The van der Waals surface area contributed by atoms with Gasteiger partial charge in [-0.25, -0.2) is 0 Å².